The van der Waals surface area contributed by atoms with Crippen LogP contribution in [0.1, 0.15) is 6.92 Å². The molecular formula is C18H20N2O5S. The van der Waals surface area contributed by atoms with Crippen molar-refractivity contribution in [3.8, 4) is 11.5 Å². The van der Waals surface area contributed by atoms with Crippen molar-refractivity contribution in [2.24, 2.45) is 0 Å². The fourth-order valence-electron chi connectivity index (χ4n) is 2.72. The van der Waals surface area contributed by atoms with Crippen molar-refractivity contribution in [1.82, 2.24) is 0 Å². The molecule has 1 heterocycles. The van der Waals surface area contributed by atoms with Gasteiger partial charge in [-0.15, -0.1) is 0 Å². The first kappa shape index (κ1) is 18.1. The Bertz CT molecular complexity index is 913. The Kier molecular flexibility index (Phi) is 5.03. The summed E-state index contributed by atoms with van der Waals surface area (Å²) >= 11 is 0. The lowest BCUT2D eigenvalue weighted by atomic mass is 10.2. The number of amides is 1. The average molecular weight is 376 g/mol. The zero-order valence-corrected chi connectivity index (χ0v) is 15.3. The minimum atomic E-state index is -3.55. The molecule has 1 N–H and O–H groups in total. The molecule has 26 heavy (non-hydrogen) atoms. The monoisotopic (exact) mass is 376 g/mol. The molecular weight excluding hydrogens is 356 g/mol. The van der Waals surface area contributed by atoms with Crippen LogP contribution in [0.3, 0.4) is 0 Å². The SMILES string of the molecule is CCOc1ccccc1NC(=O)[C@H]1CN(S(C)(=O)=O)c2ccccc2O1. The molecule has 0 spiro atoms. The molecule has 0 fully saturated rings. The van der Waals surface area contributed by atoms with Crippen molar-refractivity contribution in [2.75, 3.05) is 29.0 Å². The van der Waals surface area contributed by atoms with E-state index in [9.17, 15) is 13.2 Å². The number of hydrogen-bond acceptors (Lipinski definition) is 5. The smallest absolute Gasteiger partial charge is 0.267 e. The van der Waals surface area contributed by atoms with E-state index >= 15 is 0 Å². The van der Waals surface area contributed by atoms with Crippen LogP contribution in [0.25, 0.3) is 0 Å². The molecule has 0 aliphatic carbocycles. The van der Waals surface area contributed by atoms with E-state index in [1.54, 1.807) is 48.5 Å². The molecule has 0 saturated carbocycles. The maximum Gasteiger partial charge on any atom is 0.267 e. The van der Waals surface area contributed by atoms with Gasteiger partial charge < -0.3 is 14.8 Å². The van der Waals surface area contributed by atoms with Crippen LogP contribution in [-0.2, 0) is 14.8 Å². The minimum Gasteiger partial charge on any atom is -0.492 e. The summed E-state index contributed by atoms with van der Waals surface area (Å²) in [6, 6.07) is 13.8. The maximum atomic E-state index is 12.7. The van der Waals surface area contributed by atoms with E-state index in [0.717, 1.165) is 6.26 Å². The molecule has 1 aliphatic heterocycles. The van der Waals surface area contributed by atoms with E-state index in [1.165, 1.54) is 4.31 Å². The number of nitrogens with zero attached hydrogens (tertiary/aromatic N) is 1. The third kappa shape index (κ3) is 3.75. The van der Waals surface area contributed by atoms with Gasteiger partial charge in [0.25, 0.3) is 5.91 Å². The standard InChI is InChI=1S/C18H20N2O5S/c1-3-24-15-10-6-4-8-13(15)19-18(21)17-12-20(26(2,22)23)14-9-5-7-11-16(14)25-17/h4-11,17H,3,12H2,1-2H3,(H,19,21)/t17-/m1/s1. The Morgan fingerprint density at radius 1 is 1.23 bits per heavy atom. The van der Waals surface area contributed by atoms with Crippen LogP contribution in [-0.4, -0.2) is 39.8 Å². The molecule has 0 bridgehead atoms. The maximum absolute atomic E-state index is 12.7. The van der Waals surface area contributed by atoms with Gasteiger partial charge in [0.1, 0.15) is 11.5 Å². The summed E-state index contributed by atoms with van der Waals surface area (Å²) in [5.74, 6) is 0.447. The van der Waals surface area contributed by atoms with Gasteiger partial charge in [-0.1, -0.05) is 24.3 Å². The van der Waals surface area contributed by atoms with Gasteiger partial charge in [-0.05, 0) is 31.2 Å². The lowest BCUT2D eigenvalue weighted by Gasteiger charge is -2.33. The van der Waals surface area contributed by atoms with Crippen molar-refractivity contribution >= 4 is 27.3 Å². The zero-order valence-electron chi connectivity index (χ0n) is 14.5. The number of nitrogens with one attached hydrogen (secondary N) is 1. The second-order valence-electron chi connectivity index (χ2n) is 5.79. The molecule has 7 nitrogen and oxygen atoms in total. The highest BCUT2D eigenvalue weighted by Crippen LogP contribution is 2.35. The van der Waals surface area contributed by atoms with Gasteiger partial charge >= 0.3 is 0 Å². The summed E-state index contributed by atoms with van der Waals surface area (Å²) in [5.41, 5.74) is 0.932. The number of anilines is 2. The van der Waals surface area contributed by atoms with Gasteiger partial charge in [0.2, 0.25) is 10.0 Å². The highest BCUT2D eigenvalue weighted by atomic mass is 32.2. The van der Waals surface area contributed by atoms with Gasteiger partial charge in [0.15, 0.2) is 6.10 Å². The van der Waals surface area contributed by atoms with Crippen LogP contribution in [0.4, 0.5) is 11.4 Å². The Hall–Kier alpha value is -2.74. The molecule has 3 rings (SSSR count). The quantitative estimate of drug-likeness (QED) is 0.865. The topological polar surface area (TPSA) is 84.9 Å². The molecule has 0 unspecified atom stereocenters. The lowest BCUT2D eigenvalue weighted by Crippen LogP contribution is -2.48. The van der Waals surface area contributed by atoms with Crippen molar-refractivity contribution < 1.29 is 22.7 Å². The van der Waals surface area contributed by atoms with Crippen LogP contribution < -0.4 is 19.1 Å². The van der Waals surface area contributed by atoms with E-state index < -0.39 is 22.0 Å². The highest BCUT2D eigenvalue weighted by molar-refractivity contribution is 7.92. The van der Waals surface area contributed by atoms with E-state index in [2.05, 4.69) is 5.32 Å². The first-order valence-electron chi connectivity index (χ1n) is 8.16. The molecule has 2 aromatic carbocycles. The van der Waals surface area contributed by atoms with E-state index in [1.807, 2.05) is 6.92 Å². The lowest BCUT2D eigenvalue weighted by molar-refractivity contribution is -0.122. The molecule has 0 saturated heterocycles. The van der Waals surface area contributed by atoms with Crippen molar-refractivity contribution in [3.63, 3.8) is 0 Å². The number of sulfonamides is 1. The number of para-hydroxylation sites is 4. The molecule has 1 atom stereocenters. The van der Waals surface area contributed by atoms with Gasteiger partial charge in [0, 0.05) is 0 Å². The number of benzene rings is 2. The van der Waals surface area contributed by atoms with Crippen molar-refractivity contribution in [3.05, 3.63) is 48.5 Å². The number of ether oxygens (including phenoxy) is 2. The van der Waals surface area contributed by atoms with Crippen LogP contribution in [0, 0.1) is 0 Å². The second-order valence-corrected chi connectivity index (χ2v) is 7.69. The Morgan fingerprint density at radius 3 is 2.65 bits per heavy atom. The average Bonchev–Trinajstić information content (AvgIpc) is 2.61. The summed E-state index contributed by atoms with van der Waals surface area (Å²) in [6.45, 7) is 2.21. The Morgan fingerprint density at radius 2 is 1.92 bits per heavy atom. The summed E-state index contributed by atoms with van der Waals surface area (Å²) in [6.07, 6.45) is 0.128. The number of fused-ring (bicyclic) bond motifs is 1. The summed E-state index contributed by atoms with van der Waals surface area (Å²) in [7, 11) is -3.55. The Balaban J connectivity index is 1.85. The highest BCUT2D eigenvalue weighted by Gasteiger charge is 2.35. The predicted octanol–water partition coefficient (Wildman–Crippen LogP) is 2.25. The molecule has 0 radical (unpaired) electrons. The number of carbonyl (C=O) groups is 1. The van der Waals surface area contributed by atoms with Crippen molar-refractivity contribution in [1.29, 1.82) is 0 Å². The first-order chi connectivity index (χ1) is 12.4. The van der Waals surface area contributed by atoms with Crippen molar-refractivity contribution in [2.45, 2.75) is 13.0 Å². The molecule has 138 valence electrons. The number of hydrogen-bond donors (Lipinski definition) is 1. The van der Waals surface area contributed by atoms with Gasteiger partial charge in [-0.25, -0.2) is 8.42 Å². The largest absolute Gasteiger partial charge is 0.492 e. The van der Waals surface area contributed by atoms with E-state index in [4.69, 9.17) is 9.47 Å². The zero-order chi connectivity index (χ0) is 18.7. The first-order valence-corrected chi connectivity index (χ1v) is 10.0. The molecule has 2 aromatic rings. The molecule has 8 heteroatoms. The molecule has 1 amide bonds. The predicted molar refractivity (Wildman–Crippen MR) is 99.3 cm³/mol. The number of carbonyl (C=O) groups excluding carboxylic acids is 1. The number of rotatable bonds is 5. The van der Waals surface area contributed by atoms with E-state index in [-0.39, 0.29) is 6.54 Å². The van der Waals surface area contributed by atoms with Gasteiger partial charge in [-0.3, -0.25) is 9.10 Å². The van der Waals surface area contributed by atoms with E-state index in [0.29, 0.717) is 29.5 Å². The van der Waals surface area contributed by atoms with Gasteiger partial charge in [0.05, 0.1) is 30.8 Å². The normalized spacial score (nSPS) is 16.4. The van der Waals surface area contributed by atoms with Gasteiger partial charge in [-0.2, -0.15) is 0 Å². The minimum absolute atomic E-state index is 0.0987. The van der Waals surface area contributed by atoms with Crippen LogP contribution in [0.15, 0.2) is 48.5 Å². The third-order valence-corrected chi connectivity index (χ3v) is 5.02. The van der Waals surface area contributed by atoms with Crippen LogP contribution in [0.5, 0.6) is 11.5 Å². The third-order valence-electron chi connectivity index (χ3n) is 3.87. The summed E-state index contributed by atoms with van der Waals surface area (Å²) in [4.78, 5) is 12.7. The summed E-state index contributed by atoms with van der Waals surface area (Å²) < 4.78 is 36.7. The van der Waals surface area contributed by atoms with Crippen LogP contribution >= 0.6 is 0 Å². The fraction of sp³-hybridized carbons (Fsp3) is 0.278. The summed E-state index contributed by atoms with van der Waals surface area (Å²) in [5, 5.41) is 2.76. The Labute approximate surface area is 152 Å². The molecule has 0 aromatic heterocycles. The van der Waals surface area contributed by atoms with Crippen LogP contribution in [0.2, 0.25) is 0 Å². The molecule has 1 aliphatic rings. The second kappa shape index (κ2) is 7.25. The fourth-order valence-corrected chi connectivity index (χ4v) is 3.63.